The Hall–Kier alpha value is -1.82. The number of hydrogen-bond donors (Lipinski definition) is 1. The fraction of sp³-hybridized carbons (Fsp3) is 0.684. The van der Waals surface area contributed by atoms with Gasteiger partial charge in [-0.3, -0.25) is 14.5 Å². The first kappa shape index (κ1) is 19.5. The standard InChI is InChI=1S/C19H31N3O3/c1-5-15(6-2)22(7-3)18(23)12-17-19(24)20-10-11-21(17)13-16-9-8-14(4)25-16/h8-9,15,17H,5-7,10-13H2,1-4H3,(H,20,24)/t17-/m0/s1. The lowest BCUT2D eigenvalue weighted by atomic mass is 10.0. The topological polar surface area (TPSA) is 65.8 Å². The molecule has 0 saturated carbocycles. The van der Waals surface area contributed by atoms with Crippen molar-refractivity contribution in [1.82, 2.24) is 15.1 Å². The number of furan rings is 1. The van der Waals surface area contributed by atoms with Gasteiger partial charge in [0.05, 0.1) is 19.0 Å². The van der Waals surface area contributed by atoms with Crippen LogP contribution in [0.25, 0.3) is 0 Å². The van der Waals surface area contributed by atoms with Crippen molar-refractivity contribution in [2.75, 3.05) is 19.6 Å². The van der Waals surface area contributed by atoms with E-state index < -0.39 is 6.04 Å². The van der Waals surface area contributed by atoms with Crippen LogP contribution >= 0.6 is 0 Å². The molecule has 6 heteroatoms. The van der Waals surface area contributed by atoms with Crippen molar-refractivity contribution in [3.05, 3.63) is 23.7 Å². The summed E-state index contributed by atoms with van der Waals surface area (Å²) in [5.41, 5.74) is 0. The lowest BCUT2D eigenvalue weighted by Gasteiger charge is -2.36. The van der Waals surface area contributed by atoms with Gasteiger partial charge in [-0.05, 0) is 38.8 Å². The quantitative estimate of drug-likeness (QED) is 0.782. The number of piperazine rings is 1. The molecule has 0 unspecified atom stereocenters. The number of hydrogen-bond acceptors (Lipinski definition) is 4. The molecule has 0 aliphatic carbocycles. The van der Waals surface area contributed by atoms with E-state index in [0.29, 0.717) is 19.6 Å². The van der Waals surface area contributed by atoms with Gasteiger partial charge in [0, 0.05) is 25.7 Å². The second-order valence-corrected chi connectivity index (χ2v) is 6.64. The highest BCUT2D eigenvalue weighted by Crippen LogP contribution is 2.18. The van der Waals surface area contributed by atoms with Crippen LogP contribution in [-0.2, 0) is 16.1 Å². The highest BCUT2D eigenvalue weighted by Gasteiger charge is 2.34. The van der Waals surface area contributed by atoms with Gasteiger partial charge in [-0.25, -0.2) is 0 Å². The van der Waals surface area contributed by atoms with E-state index in [1.54, 1.807) is 0 Å². The first-order chi connectivity index (χ1) is 12.0. The van der Waals surface area contributed by atoms with Gasteiger partial charge in [0.15, 0.2) is 0 Å². The molecule has 140 valence electrons. The van der Waals surface area contributed by atoms with Crippen molar-refractivity contribution in [3.8, 4) is 0 Å². The van der Waals surface area contributed by atoms with Crippen LogP contribution in [-0.4, -0.2) is 53.3 Å². The van der Waals surface area contributed by atoms with Gasteiger partial charge in [0.1, 0.15) is 11.5 Å². The molecule has 6 nitrogen and oxygen atoms in total. The van der Waals surface area contributed by atoms with Crippen LogP contribution in [0, 0.1) is 6.92 Å². The maximum Gasteiger partial charge on any atom is 0.237 e. The van der Waals surface area contributed by atoms with Crippen LogP contribution in [0.15, 0.2) is 16.5 Å². The fourth-order valence-corrected chi connectivity index (χ4v) is 3.59. The fourth-order valence-electron chi connectivity index (χ4n) is 3.59. The Morgan fingerprint density at radius 1 is 1.36 bits per heavy atom. The summed E-state index contributed by atoms with van der Waals surface area (Å²) in [7, 11) is 0. The predicted octanol–water partition coefficient (Wildman–Crippen LogP) is 2.32. The second-order valence-electron chi connectivity index (χ2n) is 6.64. The van der Waals surface area contributed by atoms with E-state index in [2.05, 4.69) is 24.1 Å². The summed E-state index contributed by atoms with van der Waals surface area (Å²) in [6, 6.07) is 3.66. The Bertz CT molecular complexity index is 580. The molecule has 1 aromatic rings. The minimum atomic E-state index is -0.435. The number of rotatable bonds is 8. The van der Waals surface area contributed by atoms with E-state index in [1.165, 1.54) is 0 Å². The molecule has 0 radical (unpaired) electrons. The van der Waals surface area contributed by atoms with E-state index in [4.69, 9.17) is 4.42 Å². The molecular formula is C19H31N3O3. The molecule has 1 N–H and O–H groups in total. The molecule has 1 aliphatic rings. The normalized spacial score (nSPS) is 18.4. The molecule has 1 fully saturated rings. The minimum Gasteiger partial charge on any atom is -0.465 e. The Kier molecular flexibility index (Phi) is 7.05. The maximum absolute atomic E-state index is 12.8. The van der Waals surface area contributed by atoms with E-state index in [1.807, 2.05) is 30.9 Å². The van der Waals surface area contributed by atoms with E-state index in [9.17, 15) is 9.59 Å². The van der Waals surface area contributed by atoms with E-state index in [0.717, 1.165) is 30.9 Å². The summed E-state index contributed by atoms with van der Waals surface area (Å²) in [5, 5.41) is 2.89. The molecule has 25 heavy (non-hydrogen) atoms. The number of amides is 2. The van der Waals surface area contributed by atoms with Gasteiger partial charge in [0.2, 0.25) is 11.8 Å². The van der Waals surface area contributed by atoms with Gasteiger partial charge in [0.25, 0.3) is 0 Å². The minimum absolute atomic E-state index is 0.0545. The monoisotopic (exact) mass is 349 g/mol. The Balaban J connectivity index is 2.09. The molecule has 0 spiro atoms. The largest absolute Gasteiger partial charge is 0.465 e. The Morgan fingerprint density at radius 2 is 2.08 bits per heavy atom. The molecular weight excluding hydrogens is 318 g/mol. The van der Waals surface area contributed by atoms with Crippen LogP contribution in [0.3, 0.4) is 0 Å². The van der Waals surface area contributed by atoms with Crippen molar-refractivity contribution in [2.24, 2.45) is 0 Å². The van der Waals surface area contributed by atoms with Gasteiger partial charge in [-0.1, -0.05) is 13.8 Å². The zero-order chi connectivity index (χ0) is 18.4. The summed E-state index contributed by atoms with van der Waals surface area (Å²) < 4.78 is 5.65. The zero-order valence-electron chi connectivity index (χ0n) is 15.9. The number of carbonyl (C=O) groups excluding carboxylic acids is 2. The average molecular weight is 349 g/mol. The van der Waals surface area contributed by atoms with Gasteiger partial charge >= 0.3 is 0 Å². The van der Waals surface area contributed by atoms with Crippen molar-refractivity contribution in [2.45, 2.75) is 65.6 Å². The van der Waals surface area contributed by atoms with Gasteiger partial charge in [-0.2, -0.15) is 0 Å². The molecule has 2 rings (SSSR count). The molecule has 1 aliphatic heterocycles. The number of nitrogens with zero attached hydrogens (tertiary/aromatic N) is 2. The third-order valence-corrected chi connectivity index (χ3v) is 5.01. The molecule has 2 heterocycles. The number of carbonyl (C=O) groups is 2. The zero-order valence-corrected chi connectivity index (χ0v) is 15.9. The number of aryl methyl sites for hydroxylation is 1. The van der Waals surface area contributed by atoms with Crippen LogP contribution in [0.1, 0.15) is 51.6 Å². The predicted molar refractivity (Wildman–Crippen MR) is 97.0 cm³/mol. The van der Waals surface area contributed by atoms with Gasteiger partial charge < -0.3 is 14.6 Å². The van der Waals surface area contributed by atoms with Crippen molar-refractivity contribution >= 4 is 11.8 Å². The van der Waals surface area contributed by atoms with Crippen LogP contribution in [0.2, 0.25) is 0 Å². The highest BCUT2D eigenvalue weighted by molar-refractivity contribution is 5.89. The Labute approximate surface area is 150 Å². The highest BCUT2D eigenvalue weighted by atomic mass is 16.3. The Morgan fingerprint density at radius 3 is 2.64 bits per heavy atom. The number of nitrogens with one attached hydrogen (secondary N) is 1. The van der Waals surface area contributed by atoms with E-state index >= 15 is 0 Å². The van der Waals surface area contributed by atoms with Gasteiger partial charge in [-0.15, -0.1) is 0 Å². The van der Waals surface area contributed by atoms with Crippen LogP contribution < -0.4 is 5.32 Å². The maximum atomic E-state index is 12.8. The molecule has 1 saturated heterocycles. The van der Waals surface area contributed by atoms with Crippen molar-refractivity contribution in [1.29, 1.82) is 0 Å². The summed E-state index contributed by atoms with van der Waals surface area (Å²) in [4.78, 5) is 29.2. The van der Waals surface area contributed by atoms with Crippen molar-refractivity contribution in [3.63, 3.8) is 0 Å². The molecule has 1 aromatic heterocycles. The van der Waals surface area contributed by atoms with E-state index in [-0.39, 0.29) is 24.3 Å². The first-order valence-corrected chi connectivity index (χ1v) is 9.36. The lowest BCUT2D eigenvalue weighted by Crippen LogP contribution is -2.56. The summed E-state index contributed by atoms with van der Waals surface area (Å²) in [6.45, 7) is 10.7. The van der Waals surface area contributed by atoms with Crippen molar-refractivity contribution < 1.29 is 14.0 Å². The summed E-state index contributed by atoms with van der Waals surface area (Å²) >= 11 is 0. The van der Waals surface area contributed by atoms with Crippen LogP contribution in [0.4, 0.5) is 0 Å². The third kappa shape index (κ3) is 4.84. The SMILES string of the molecule is CCC(CC)N(CC)C(=O)C[C@H]1C(=O)NCCN1Cc1ccc(C)o1. The lowest BCUT2D eigenvalue weighted by molar-refractivity contribution is -0.140. The molecule has 1 atom stereocenters. The first-order valence-electron chi connectivity index (χ1n) is 9.36. The smallest absolute Gasteiger partial charge is 0.237 e. The average Bonchev–Trinajstić information content (AvgIpc) is 3.00. The molecule has 2 amide bonds. The second kappa shape index (κ2) is 9.04. The van der Waals surface area contributed by atoms with Crippen LogP contribution in [0.5, 0.6) is 0 Å². The summed E-state index contributed by atoms with van der Waals surface area (Å²) in [5.74, 6) is 1.68. The molecule has 0 aromatic carbocycles. The third-order valence-electron chi connectivity index (χ3n) is 5.01. The molecule has 0 bridgehead atoms. The summed E-state index contributed by atoms with van der Waals surface area (Å²) in [6.07, 6.45) is 2.08.